The van der Waals surface area contributed by atoms with E-state index >= 15 is 0 Å². The van der Waals surface area contributed by atoms with Crippen molar-refractivity contribution in [3.63, 3.8) is 0 Å². The number of halogens is 3. The number of hydrogen-bond donors (Lipinski definition) is 2. The summed E-state index contributed by atoms with van der Waals surface area (Å²) in [5.74, 6) is -1.85. The molecular formula is C15H10F3NO5. The van der Waals surface area contributed by atoms with Crippen LogP contribution in [-0.2, 0) is 16.6 Å². The van der Waals surface area contributed by atoms with Crippen LogP contribution in [0.4, 0.5) is 18.9 Å². The number of hydrogen-bond acceptors (Lipinski definition) is 4. The van der Waals surface area contributed by atoms with Gasteiger partial charge in [-0.1, -0.05) is 30.3 Å². The van der Waals surface area contributed by atoms with Crippen LogP contribution in [0.2, 0.25) is 0 Å². The van der Waals surface area contributed by atoms with Crippen LogP contribution in [0.3, 0.4) is 0 Å². The van der Waals surface area contributed by atoms with Gasteiger partial charge in [-0.05, 0) is 17.7 Å². The van der Waals surface area contributed by atoms with Crippen LogP contribution in [0.5, 0.6) is 0 Å². The second kappa shape index (κ2) is 5.93. The number of carboxylic acid groups (broad SMARTS) is 1. The summed E-state index contributed by atoms with van der Waals surface area (Å²) in [7, 11) is 0. The average molecular weight is 341 g/mol. The number of rotatable bonds is 4. The van der Waals surface area contributed by atoms with Gasteiger partial charge in [-0.25, -0.2) is 4.79 Å². The van der Waals surface area contributed by atoms with Crippen molar-refractivity contribution in [1.82, 2.24) is 0 Å². The molecule has 0 amide bonds. The summed E-state index contributed by atoms with van der Waals surface area (Å²) < 4.78 is 38.2. The number of benzene rings is 2. The molecule has 0 aliphatic carbocycles. The lowest BCUT2D eigenvalue weighted by Crippen LogP contribution is -2.37. The van der Waals surface area contributed by atoms with Gasteiger partial charge in [0, 0.05) is 6.07 Å². The van der Waals surface area contributed by atoms with Crippen molar-refractivity contribution >= 4 is 11.7 Å². The predicted molar refractivity (Wildman–Crippen MR) is 75.2 cm³/mol. The number of nitrogens with zero attached hydrogens (tertiary/aromatic N) is 1. The van der Waals surface area contributed by atoms with Crippen LogP contribution in [0, 0.1) is 10.1 Å². The summed E-state index contributed by atoms with van der Waals surface area (Å²) >= 11 is 0. The molecule has 0 fully saturated rings. The standard InChI is InChI=1S/C15H10F3NO5/c16-15(17,18)10-6-7-11(12(8-10)19(23)24)14(22,13(20)21)9-4-2-1-3-5-9/h1-8,22H,(H,20,21)/t14-/m1/s1. The van der Waals surface area contributed by atoms with Gasteiger partial charge in [0.25, 0.3) is 5.69 Å². The first kappa shape index (κ1) is 17.4. The molecule has 2 rings (SSSR count). The Morgan fingerprint density at radius 2 is 1.62 bits per heavy atom. The van der Waals surface area contributed by atoms with Gasteiger partial charge < -0.3 is 10.2 Å². The first-order valence-electron chi connectivity index (χ1n) is 6.46. The van der Waals surface area contributed by atoms with Gasteiger partial charge in [0.15, 0.2) is 0 Å². The molecule has 0 aliphatic heterocycles. The Kier molecular flexibility index (Phi) is 4.30. The van der Waals surface area contributed by atoms with Crippen molar-refractivity contribution in [2.75, 3.05) is 0 Å². The maximum Gasteiger partial charge on any atom is 0.416 e. The highest BCUT2D eigenvalue weighted by molar-refractivity contribution is 5.85. The number of aliphatic carboxylic acids is 1. The molecule has 0 aromatic heterocycles. The van der Waals surface area contributed by atoms with Gasteiger partial charge in [-0.3, -0.25) is 10.1 Å². The zero-order valence-electron chi connectivity index (χ0n) is 11.8. The van der Waals surface area contributed by atoms with Crippen molar-refractivity contribution in [3.8, 4) is 0 Å². The van der Waals surface area contributed by atoms with Crippen LogP contribution < -0.4 is 0 Å². The van der Waals surface area contributed by atoms with Crippen LogP contribution in [0.15, 0.2) is 48.5 Å². The molecule has 9 heteroatoms. The van der Waals surface area contributed by atoms with E-state index in [1.165, 1.54) is 30.3 Å². The normalized spacial score (nSPS) is 14.0. The van der Waals surface area contributed by atoms with E-state index in [-0.39, 0.29) is 11.6 Å². The number of nitro benzene ring substituents is 1. The molecule has 0 saturated carbocycles. The molecule has 0 unspecified atom stereocenters. The van der Waals surface area contributed by atoms with Crippen molar-refractivity contribution in [2.45, 2.75) is 11.8 Å². The van der Waals surface area contributed by atoms with Crippen LogP contribution >= 0.6 is 0 Å². The molecule has 0 spiro atoms. The highest BCUT2D eigenvalue weighted by atomic mass is 19.4. The van der Waals surface area contributed by atoms with E-state index in [9.17, 15) is 38.3 Å². The minimum absolute atomic E-state index is 0.201. The van der Waals surface area contributed by atoms with E-state index < -0.39 is 39.5 Å². The van der Waals surface area contributed by atoms with Gasteiger partial charge in [-0.15, -0.1) is 0 Å². The highest BCUT2D eigenvalue weighted by Gasteiger charge is 2.46. The van der Waals surface area contributed by atoms with Crippen molar-refractivity contribution in [1.29, 1.82) is 0 Å². The monoisotopic (exact) mass is 341 g/mol. The SMILES string of the molecule is O=C(O)[C@@](O)(c1ccccc1)c1ccc(C(F)(F)F)cc1[N+](=O)[O-]. The minimum atomic E-state index is -4.85. The Hall–Kier alpha value is -2.94. The molecular weight excluding hydrogens is 331 g/mol. The Labute approximate surface area is 132 Å². The Balaban J connectivity index is 2.77. The predicted octanol–water partition coefficient (Wildman–Crippen LogP) is 2.93. The summed E-state index contributed by atoms with van der Waals surface area (Å²) in [6, 6.07) is 7.99. The molecule has 0 aliphatic rings. The van der Waals surface area contributed by atoms with Crippen LogP contribution in [0.1, 0.15) is 16.7 Å². The topological polar surface area (TPSA) is 101 Å². The summed E-state index contributed by atoms with van der Waals surface area (Å²) in [5, 5.41) is 31.1. The van der Waals surface area contributed by atoms with Crippen molar-refractivity contribution in [2.24, 2.45) is 0 Å². The van der Waals surface area contributed by atoms with Crippen molar-refractivity contribution in [3.05, 3.63) is 75.3 Å². The maximum atomic E-state index is 12.7. The van der Waals surface area contributed by atoms with E-state index in [4.69, 9.17) is 0 Å². The fraction of sp³-hybridized carbons (Fsp3) is 0.133. The summed E-state index contributed by atoms with van der Waals surface area (Å²) in [6.07, 6.45) is -4.85. The first-order chi connectivity index (χ1) is 11.1. The minimum Gasteiger partial charge on any atom is -0.479 e. The molecule has 6 nitrogen and oxygen atoms in total. The van der Waals surface area contributed by atoms with E-state index in [1.807, 2.05) is 0 Å². The third-order valence-electron chi connectivity index (χ3n) is 3.41. The molecule has 0 heterocycles. The molecule has 1 atom stereocenters. The molecule has 126 valence electrons. The Bertz CT molecular complexity index is 791. The second-order valence-corrected chi connectivity index (χ2v) is 4.87. The molecule has 2 aromatic carbocycles. The van der Waals surface area contributed by atoms with Gasteiger partial charge >= 0.3 is 12.1 Å². The van der Waals surface area contributed by atoms with Gasteiger partial charge in [0.1, 0.15) is 0 Å². The molecule has 24 heavy (non-hydrogen) atoms. The largest absolute Gasteiger partial charge is 0.479 e. The number of carboxylic acids is 1. The number of nitro groups is 1. The summed E-state index contributed by atoms with van der Waals surface area (Å²) in [4.78, 5) is 21.6. The average Bonchev–Trinajstić information content (AvgIpc) is 2.53. The fourth-order valence-corrected chi connectivity index (χ4v) is 2.24. The maximum absolute atomic E-state index is 12.7. The Morgan fingerprint density at radius 1 is 1.04 bits per heavy atom. The molecule has 0 radical (unpaired) electrons. The van der Waals surface area contributed by atoms with E-state index in [1.54, 1.807) is 0 Å². The van der Waals surface area contributed by atoms with E-state index in [2.05, 4.69) is 0 Å². The summed E-state index contributed by atoms with van der Waals surface area (Å²) in [5.41, 5.74) is -6.31. The lowest BCUT2D eigenvalue weighted by atomic mass is 9.85. The molecule has 0 saturated heterocycles. The summed E-state index contributed by atoms with van der Waals surface area (Å²) in [6.45, 7) is 0. The Morgan fingerprint density at radius 3 is 2.08 bits per heavy atom. The smallest absolute Gasteiger partial charge is 0.416 e. The molecule has 0 bridgehead atoms. The van der Waals surface area contributed by atoms with Crippen molar-refractivity contribution < 1.29 is 33.1 Å². The van der Waals surface area contributed by atoms with E-state index in [0.29, 0.717) is 12.1 Å². The van der Waals surface area contributed by atoms with Gasteiger partial charge in [-0.2, -0.15) is 13.2 Å². The molecule has 2 N–H and O–H groups in total. The van der Waals surface area contributed by atoms with E-state index in [0.717, 1.165) is 0 Å². The number of carbonyl (C=O) groups is 1. The zero-order valence-corrected chi connectivity index (χ0v) is 11.8. The fourth-order valence-electron chi connectivity index (χ4n) is 2.24. The third kappa shape index (κ3) is 2.93. The number of aliphatic hydroxyl groups is 1. The van der Waals surface area contributed by atoms with Crippen LogP contribution in [0.25, 0.3) is 0 Å². The zero-order chi connectivity index (χ0) is 18.1. The third-order valence-corrected chi connectivity index (χ3v) is 3.41. The second-order valence-electron chi connectivity index (χ2n) is 4.87. The quantitative estimate of drug-likeness (QED) is 0.658. The lowest BCUT2D eigenvalue weighted by Gasteiger charge is -2.24. The van der Waals surface area contributed by atoms with Gasteiger partial charge in [0.2, 0.25) is 5.60 Å². The highest BCUT2D eigenvalue weighted by Crippen LogP contribution is 2.39. The van der Waals surface area contributed by atoms with Crippen LogP contribution in [-0.4, -0.2) is 21.1 Å². The first-order valence-corrected chi connectivity index (χ1v) is 6.46. The number of alkyl halides is 3. The van der Waals surface area contributed by atoms with Gasteiger partial charge in [0.05, 0.1) is 16.1 Å². The lowest BCUT2D eigenvalue weighted by molar-refractivity contribution is -0.386. The molecule has 2 aromatic rings.